The van der Waals surface area contributed by atoms with Crippen LogP contribution in [0.2, 0.25) is 18.1 Å². The van der Waals surface area contributed by atoms with E-state index in [4.69, 9.17) is 37.6 Å². The second-order valence-electron chi connectivity index (χ2n) is 22.3. The van der Waals surface area contributed by atoms with Gasteiger partial charge in [0.1, 0.15) is 24.4 Å². The first-order valence-corrected chi connectivity index (χ1v) is 29.5. The van der Waals surface area contributed by atoms with Crippen LogP contribution >= 0.6 is 0 Å². The molecule has 71 heavy (non-hydrogen) atoms. The van der Waals surface area contributed by atoms with E-state index < -0.39 is 68.1 Å². The van der Waals surface area contributed by atoms with Crippen molar-refractivity contribution in [2.75, 3.05) is 48.2 Å². The molecule has 4 aliphatic rings. The first-order valence-electron chi connectivity index (χ1n) is 26.6. The average molecular weight is 1020 g/mol. The maximum absolute atomic E-state index is 14.5. The molecule has 1 saturated carbocycles. The molecule has 1 N–H and O–H groups in total. The van der Waals surface area contributed by atoms with Crippen LogP contribution in [0.5, 0.6) is 0 Å². The van der Waals surface area contributed by atoms with Crippen molar-refractivity contribution in [3.05, 3.63) is 47.6 Å². The van der Waals surface area contributed by atoms with E-state index >= 15 is 0 Å². The number of esters is 1. The Kier molecular flexibility index (Phi) is 24.5. The number of cyclic esters (lactones) is 1. The summed E-state index contributed by atoms with van der Waals surface area (Å²) in [7, 11) is 4.46. The van der Waals surface area contributed by atoms with E-state index in [1.54, 1.807) is 28.3 Å². The Morgan fingerprint density at radius 3 is 2.23 bits per heavy atom. The number of Topliss-reactive ketones (excluding diaryl/α,β-unsaturated/α-hetero) is 2. The minimum Gasteiger partial charge on any atom is -0.460 e. The molecule has 0 radical (unpaired) electrons. The Balaban J connectivity index is 1.60. The van der Waals surface area contributed by atoms with Crippen LogP contribution < -0.4 is 0 Å². The van der Waals surface area contributed by atoms with Gasteiger partial charge in [-0.1, -0.05) is 71.1 Å². The summed E-state index contributed by atoms with van der Waals surface area (Å²) in [6, 6.07) is -1.00. The van der Waals surface area contributed by atoms with Gasteiger partial charge in [-0.05, 0) is 132 Å². The van der Waals surface area contributed by atoms with Crippen LogP contribution in [0.25, 0.3) is 0 Å². The molecule has 1 aliphatic carbocycles. The monoisotopic (exact) mass is 1020 g/mol. The summed E-state index contributed by atoms with van der Waals surface area (Å²) in [5, 5.41) is 12.1. The summed E-state index contributed by atoms with van der Waals surface area (Å²) in [6.07, 6.45) is 18.1. The van der Waals surface area contributed by atoms with Crippen molar-refractivity contribution in [1.29, 1.82) is 0 Å². The number of fused-ring (bicyclic) bond motifs is 3. The first-order chi connectivity index (χ1) is 33.6. The summed E-state index contributed by atoms with van der Waals surface area (Å²) in [4.78, 5) is 57.8. The van der Waals surface area contributed by atoms with Crippen LogP contribution in [0.15, 0.2) is 47.6 Å². The highest BCUT2D eigenvalue weighted by Crippen LogP contribution is 2.42. The molecule has 404 valence electrons. The molecule has 0 aromatic rings. The number of hydrogen-bond acceptors (Lipinski definition) is 13. The SMILES string of the molecule is CO[C@H]1C[C@@H]2CC[C@@H](C)[C@@](O)(O2)C(=O)C(=O)N2CCCC[C@H]2C(=O)O[C@H]([C@H](C)C[C@@H]2CCC(O[Si](C)(C)C(C)(C)C)[C@H](OC)C2)CCOCC/C=C(\C)[C@@H](OC)[C@@H](OC)C(=O)CCC/C=C/C=C/C=C1C. The molecule has 3 fully saturated rings. The van der Waals surface area contributed by atoms with Gasteiger partial charge in [-0.15, -0.1) is 0 Å². The van der Waals surface area contributed by atoms with Crippen molar-refractivity contribution < 1.29 is 61.9 Å². The number of piperidine rings is 1. The van der Waals surface area contributed by atoms with Crippen molar-refractivity contribution >= 4 is 31.8 Å². The molecule has 0 aromatic heterocycles. The van der Waals surface area contributed by atoms with Gasteiger partial charge in [0.2, 0.25) is 5.79 Å². The standard InChI is InChI=1S/C56H93NO13Si/c1-38-23-18-16-14-15-17-19-26-45(58)51(66-11)50(65-10)39(2)24-22-33-67-34-31-46(40(3)35-42-28-30-47(49(36-42)64-9)70-71(12,13)55(5,6)7)68-54(61)44-25-20-21-32-57(44)53(60)52(59)56(62)41(4)27-29-43(69-56)37-48(38)63-8/h14-16,18,23-24,40-44,46-51,62H,17,19-22,25-37H2,1-13H3/b15-14+,18-16+,38-23?,39-24+/t40-,41-,42+,43+,44+,46+,47?,48+,49-,50-,51+,56-/m1/s1. The maximum Gasteiger partial charge on any atom is 0.329 e. The van der Waals surface area contributed by atoms with E-state index in [2.05, 4.69) is 40.8 Å². The number of carbonyl (C=O) groups is 4. The summed E-state index contributed by atoms with van der Waals surface area (Å²) < 4.78 is 49.2. The van der Waals surface area contributed by atoms with Crippen LogP contribution in [0.3, 0.4) is 0 Å². The van der Waals surface area contributed by atoms with Gasteiger partial charge in [-0.2, -0.15) is 0 Å². The third-order valence-electron chi connectivity index (χ3n) is 16.1. The molecule has 15 heteroatoms. The molecule has 12 atom stereocenters. The molecule has 0 spiro atoms. The Hall–Kier alpha value is -2.86. The predicted octanol–water partition coefficient (Wildman–Crippen LogP) is 9.57. The van der Waals surface area contributed by atoms with Gasteiger partial charge in [-0.25, -0.2) is 4.79 Å². The second kappa shape index (κ2) is 28.7. The fourth-order valence-electron chi connectivity index (χ4n) is 10.5. The maximum atomic E-state index is 14.5. The molecule has 1 unspecified atom stereocenters. The number of hydrogen-bond donors (Lipinski definition) is 1. The lowest BCUT2D eigenvalue weighted by Gasteiger charge is -2.44. The van der Waals surface area contributed by atoms with E-state index in [0.717, 1.165) is 36.8 Å². The van der Waals surface area contributed by atoms with E-state index in [1.807, 2.05) is 50.3 Å². The van der Waals surface area contributed by atoms with Gasteiger partial charge in [-0.3, -0.25) is 14.4 Å². The number of ketones is 2. The number of rotatable bonds is 9. The number of methoxy groups -OCH3 is 4. The molecule has 14 nitrogen and oxygen atoms in total. The third kappa shape index (κ3) is 17.1. The molecule has 3 aliphatic heterocycles. The Labute approximate surface area is 428 Å². The van der Waals surface area contributed by atoms with Gasteiger partial charge in [0.05, 0.1) is 37.6 Å². The zero-order valence-corrected chi connectivity index (χ0v) is 46.8. The topological polar surface area (TPSA) is 166 Å². The van der Waals surface area contributed by atoms with Gasteiger partial charge in [0, 0.05) is 60.2 Å². The van der Waals surface area contributed by atoms with Crippen LogP contribution in [-0.4, -0.2) is 145 Å². The Bertz CT molecular complexity index is 1840. The molecule has 3 heterocycles. The van der Waals surface area contributed by atoms with E-state index in [1.165, 1.54) is 12.0 Å². The molecule has 0 aromatic carbocycles. The van der Waals surface area contributed by atoms with Gasteiger partial charge in [0.25, 0.3) is 11.7 Å². The van der Waals surface area contributed by atoms with Crippen molar-refractivity contribution in [2.45, 2.75) is 217 Å². The van der Waals surface area contributed by atoms with Gasteiger partial charge < -0.3 is 47.6 Å². The smallest absolute Gasteiger partial charge is 0.329 e. The number of allylic oxidation sites excluding steroid dienone is 5. The molecule has 2 bridgehead atoms. The van der Waals surface area contributed by atoms with Crippen LogP contribution in [-0.2, 0) is 56.8 Å². The minimum atomic E-state index is -2.37. The number of carbonyl (C=O) groups excluding carboxylic acids is 4. The highest BCUT2D eigenvalue weighted by atomic mass is 28.4. The van der Waals surface area contributed by atoms with E-state index in [0.29, 0.717) is 89.8 Å². The quantitative estimate of drug-likeness (QED) is 0.101. The largest absolute Gasteiger partial charge is 0.460 e. The summed E-state index contributed by atoms with van der Waals surface area (Å²) in [6.45, 7) is 19.9. The van der Waals surface area contributed by atoms with Crippen molar-refractivity contribution in [3.8, 4) is 0 Å². The zero-order chi connectivity index (χ0) is 52.5. The van der Waals surface area contributed by atoms with Crippen LogP contribution in [0.1, 0.15) is 145 Å². The fraction of sp³-hybridized carbons (Fsp3) is 0.786. The lowest BCUT2D eigenvalue weighted by Crippen LogP contribution is -2.61. The molecular weight excluding hydrogens is 923 g/mol. The molecule has 1 amide bonds. The lowest BCUT2D eigenvalue weighted by atomic mass is 9.79. The molecular formula is C56H93NO13Si. The van der Waals surface area contributed by atoms with Crippen molar-refractivity contribution in [2.24, 2.45) is 17.8 Å². The Morgan fingerprint density at radius 2 is 1.55 bits per heavy atom. The number of nitrogens with zero attached hydrogens (tertiary/aromatic N) is 1. The number of aliphatic hydroxyl groups is 1. The number of ether oxygens (including phenoxy) is 7. The van der Waals surface area contributed by atoms with E-state index in [9.17, 15) is 24.3 Å². The molecule has 2 saturated heterocycles. The van der Waals surface area contributed by atoms with Crippen LogP contribution in [0.4, 0.5) is 0 Å². The van der Waals surface area contributed by atoms with Crippen molar-refractivity contribution in [3.63, 3.8) is 0 Å². The van der Waals surface area contributed by atoms with Gasteiger partial charge >= 0.3 is 5.97 Å². The second-order valence-corrected chi connectivity index (χ2v) is 27.1. The first kappa shape index (κ1) is 60.7. The van der Waals surface area contributed by atoms with Gasteiger partial charge in [0.15, 0.2) is 14.1 Å². The van der Waals surface area contributed by atoms with Crippen LogP contribution in [0, 0.1) is 17.8 Å². The summed E-state index contributed by atoms with van der Waals surface area (Å²) in [5.74, 6) is -5.39. The van der Waals surface area contributed by atoms with E-state index in [-0.39, 0.29) is 41.6 Å². The molecule has 4 rings (SSSR count). The lowest BCUT2D eigenvalue weighted by molar-refractivity contribution is -0.265. The Morgan fingerprint density at radius 1 is 0.817 bits per heavy atom. The van der Waals surface area contributed by atoms with Crippen molar-refractivity contribution in [1.82, 2.24) is 4.90 Å². The zero-order valence-electron chi connectivity index (χ0n) is 45.8. The highest BCUT2D eigenvalue weighted by molar-refractivity contribution is 6.74. The summed E-state index contributed by atoms with van der Waals surface area (Å²) in [5.41, 5.74) is 1.79. The minimum absolute atomic E-state index is 0.0216. The number of amides is 1. The highest BCUT2D eigenvalue weighted by Gasteiger charge is 2.53. The fourth-order valence-corrected chi connectivity index (χ4v) is 11.8. The normalized spacial score (nSPS) is 34.9. The predicted molar refractivity (Wildman–Crippen MR) is 278 cm³/mol. The summed E-state index contributed by atoms with van der Waals surface area (Å²) >= 11 is 0. The average Bonchev–Trinajstić information content (AvgIpc) is 3.33. The third-order valence-corrected chi connectivity index (χ3v) is 20.6.